The van der Waals surface area contributed by atoms with Gasteiger partial charge in [0.05, 0.1) is 11.3 Å². The summed E-state index contributed by atoms with van der Waals surface area (Å²) >= 11 is 0. The van der Waals surface area contributed by atoms with Crippen molar-refractivity contribution < 1.29 is 18.0 Å². The molecular formula is C20H16F3N7O. The lowest BCUT2D eigenvalue weighted by atomic mass is 9.85. The minimum Gasteiger partial charge on any atom is -0.310 e. The Hall–Kier alpha value is -3.76. The van der Waals surface area contributed by atoms with Crippen molar-refractivity contribution in [1.82, 2.24) is 29.6 Å². The normalized spacial score (nSPS) is 16.4. The minimum absolute atomic E-state index is 0.0257. The molecule has 0 saturated carbocycles. The highest BCUT2D eigenvalue weighted by molar-refractivity contribution is 5.95. The predicted octanol–water partition coefficient (Wildman–Crippen LogP) is 3.42. The number of fused-ring (bicyclic) bond motifs is 2. The number of hydrogen-bond donors (Lipinski definition) is 1. The van der Waals surface area contributed by atoms with Crippen LogP contribution in [0.15, 0.2) is 36.4 Å². The first-order valence-electron chi connectivity index (χ1n) is 9.48. The van der Waals surface area contributed by atoms with Gasteiger partial charge in [0.2, 0.25) is 5.91 Å². The van der Waals surface area contributed by atoms with E-state index in [0.29, 0.717) is 39.9 Å². The first-order valence-corrected chi connectivity index (χ1v) is 9.48. The lowest BCUT2D eigenvalue weighted by Crippen LogP contribution is -2.25. The third-order valence-electron chi connectivity index (χ3n) is 5.34. The van der Waals surface area contributed by atoms with E-state index in [2.05, 4.69) is 25.7 Å². The summed E-state index contributed by atoms with van der Waals surface area (Å²) in [6, 6.07) is 8.48. The molecule has 1 aliphatic rings. The van der Waals surface area contributed by atoms with Crippen molar-refractivity contribution in [3.05, 3.63) is 64.6 Å². The highest BCUT2D eigenvalue weighted by Gasteiger charge is 2.35. The van der Waals surface area contributed by atoms with Crippen LogP contribution in [0.2, 0.25) is 0 Å². The molecule has 31 heavy (non-hydrogen) atoms. The van der Waals surface area contributed by atoms with Crippen molar-refractivity contribution in [2.75, 3.05) is 5.32 Å². The first kappa shape index (κ1) is 19.2. The highest BCUT2D eigenvalue weighted by Crippen LogP contribution is 2.41. The maximum atomic E-state index is 13.2. The van der Waals surface area contributed by atoms with E-state index < -0.39 is 17.7 Å². The number of halogens is 3. The number of hydrogen-bond acceptors (Lipinski definition) is 5. The van der Waals surface area contributed by atoms with Crippen LogP contribution in [-0.2, 0) is 11.0 Å². The number of nitrogens with one attached hydrogen (secondary N) is 1. The number of anilines is 1. The summed E-state index contributed by atoms with van der Waals surface area (Å²) in [7, 11) is 0. The van der Waals surface area contributed by atoms with Crippen LogP contribution in [-0.4, -0.2) is 35.5 Å². The SMILES string of the molecule is Cc1nn(-c2ccc3nnc(C)n3n2)c2c1C(c1cccc(C(F)(F)F)c1)CC(=O)N2. The van der Waals surface area contributed by atoms with Gasteiger partial charge in [0.25, 0.3) is 0 Å². The van der Waals surface area contributed by atoms with Gasteiger partial charge in [-0.05, 0) is 37.6 Å². The van der Waals surface area contributed by atoms with Gasteiger partial charge in [0.15, 0.2) is 17.3 Å². The second-order valence-corrected chi connectivity index (χ2v) is 7.40. The third kappa shape index (κ3) is 3.13. The van der Waals surface area contributed by atoms with E-state index in [1.54, 1.807) is 36.6 Å². The summed E-state index contributed by atoms with van der Waals surface area (Å²) in [5.41, 5.74) is 1.48. The van der Waals surface area contributed by atoms with Gasteiger partial charge in [0.1, 0.15) is 5.82 Å². The molecule has 5 rings (SSSR count). The molecule has 1 aliphatic heterocycles. The Labute approximate surface area is 173 Å². The zero-order chi connectivity index (χ0) is 21.9. The second kappa shape index (κ2) is 6.62. The van der Waals surface area contributed by atoms with Crippen molar-refractivity contribution in [2.45, 2.75) is 32.4 Å². The zero-order valence-corrected chi connectivity index (χ0v) is 16.5. The number of alkyl halides is 3. The maximum absolute atomic E-state index is 13.2. The summed E-state index contributed by atoms with van der Waals surface area (Å²) < 4.78 is 42.7. The Kier molecular flexibility index (Phi) is 4.11. The topological polar surface area (TPSA) is 90.0 Å². The van der Waals surface area contributed by atoms with E-state index >= 15 is 0 Å². The van der Waals surface area contributed by atoms with E-state index in [0.717, 1.165) is 12.1 Å². The molecule has 11 heteroatoms. The molecule has 0 bridgehead atoms. The van der Waals surface area contributed by atoms with Gasteiger partial charge >= 0.3 is 6.18 Å². The molecule has 1 aromatic carbocycles. The van der Waals surface area contributed by atoms with Crippen LogP contribution in [0.25, 0.3) is 11.5 Å². The standard InChI is InChI=1S/C20H16F3N7O/c1-10-18-14(12-4-3-5-13(8-12)20(21,22)23)9-17(31)24-19(18)30(27-10)16-7-6-15-26-25-11(2)29(15)28-16/h3-8,14H,9H2,1-2H3,(H,24,31). The molecule has 1 amide bonds. The van der Waals surface area contributed by atoms with Gasteiger partial charge in [-0.3, -0.25) is 4.79 Å². The molecule has 158 valence electrons. The molecule has 3 aromatic heterocycles. The van der Waals surface area contributed by atoms with Crippen molar-refractivity contribution in [2.24, 2.45) is 0 Å². The van der Waals surface area contributed by atoms with Crippen molar-refractivity contribution in [3.63, 3.8) is 0 Å². The predicted molar refractivity (Wildman–Crippen MR) is 104 cm³/mol. The smallest absolute Gasteiger partial charge is 0.310 e. The van der Waals surface area contributed by atoms with Crippen LogP contribution in [0.5, 0.6) is 0 Å². The lowest BCUT2D eigenvalue weighted by molar-refractivity contribution is -0.137. The Bertz CT molecular complexity index is 1340. The fourth-order valence-electron chi connectivity index (χ4n) is 3.93. The summed E-state index contributed by atoms with van der Waals surface area (Å²) in [6.07, 6.45) is -4.44. The van der Waals surface area contributed by atoms with E-state index in [1.807, 2.05) is 0 Å². The Morgan fingerprint density at radius 2 is 1.90 bits per heavy atom. The number of carbonyl (C=O) groups is 1. The number of amides is 1. The van der Waals surface area contributed by atoms with Gasteiger partial charge in [0, 0.05) is 17.9 Å². The van der Waals surface area contributed by atoms with Gasteiger partial charge in [-0.15, -0.1) is 15.3 Å². The van der Waals surface area contributed by atoms with Crippen LogP contribution < -0.4 is 5.32 Å². The Balaban J connectivity index is 1.65. The average molecular weight is 427 g/mol. The fraction of sp³-hybridized carbons (Fsp3) is 0.250. The molecule has 4 heterocycles. The van der Waals surface area contributed by atoms with E-state index in [-0.39, 0.29) is 12.3 Å². The van der Waals surface area contributed by atoms with Crippen LogP contribution in [0.1, 0.15) is 40.5 Å². The number of rotatable bonds is 2. The van der Waals surface area contributed by atoms with E-state index in [9.17, 15) is 18.0 Å². The Morgan fingerprint density at radius 1 is 1.10 bits per heavy atom. The molecule has 1 unspecified atom stereocenters. The molecule has 0 saturated heterocycles. The molecule has 1 atom stereocenters. The number of nitrogens with zero attached hydrogens (tertiary/aromatic N) is 6. The summed E-state index contributed by atoms with van der Waals surface area (Å²) in [6.45, 7) is 3.52. The highest BCUT2D eigenvalue weighted by atomic mass is 19.4. The van der Waals surface area contributed by atoms with Crippen LogP contribution in [0, 0.1) is 13.8 Å². The number of carbonyl (C=O) groups excluding carboxylic acids is 1. The largest absolute Gasteiger partial charge is 0.416 e. The fourth-order valence-corrected chi connectivity index (χ4v) is 3.93. The van der Waals surface area contributed by atoms with Crippen LogP contribution in [0.4, 0.5) is 19.0 Å². The molecule has 0 radical (unpaired) electrons. The van der Waals surface area contributed by atoms with Crippen LogP contribution in [0.3, 0.4) is 0 Å². The summed E-state index contributed by atoms with van der Waals surface area (Å²) in [5.74, 6) is 0.539. The molecule has 8 nitrogen and oxygen atoms in total. The lowest BCUT2D eigenvalue weighted by Gasteiger charge is -2.24. The monoisotopic (exact) mass is 427 g/mol. The van der Waals surface area contributed by atoms with Crippen LogP contribution >= 0.6 is 0 Å². The molecule has 0 aliphatic carbocycles. The second-order valence-electron chi connectivity index (χ2n) is 7.40. The van der Waals surface area contributed by atoms with Crippen molar-refractivity contribution in [1.29, 1.82) is 0 Å². The van der Waals surface area contributed by atoms with Gasteiger partial charge < -0.3 is 5.32 Å². The molecular weight excluding hydrogens is 411 g/mol. The number of aromatic nitrogens is 6. The number of aryl methyl sites for hydroxylation is 2. The summed E-state index contributed by atoms with van der Waals surface area (Å²) in [4.78, 5) is 12.5. The third-order valence-corrected chi connectivity index (χ3v) is 5.34. The first-order chi connectivity index (χ1) is 14.7. The summed E-state index contributed by atoms with van der Waals surface area (Å²) in [5, 5.41) is 19.8. The van der Waals surface area contributed by atoms with Gasteiger partial charge in [-0.25, -0.2) is 0 Å². The average Bonchev–Trinajstić information content (AvgIpc) is 3.26. The molecule has 0 spiro atoms. The minimum atomic E-state index is -4.47. The van der Waals surface area contributed by atoms with Gasteiger partial charge in [-0.1, -0.05) is 18.2 Å². The quantitative estimate of drug-likeness (QED) is 0.530. The van der Waals surface area contributed by atoms with Gasteiger partial charge in [-0.2, -0.15) is 27.5 Å². The van der Waals surface area contributed by atoms with E-state index in [4.69, 9.17) is 0 Å². The molecule has 4 aromatic rings. The Morgan fingerprint density at radius 3 is 2.68 bits per heavy atom. The number of benzene rings is 1. The van der Waals surface area contributed by atoms with Crippen molar-refractivity contribution in [3.8, 4) is 5.82 Å². The molecule has 1 N–H and O–H groups in total. The van der Waals surface area contributed by atoms with Crippen molar-refractivity contribution >= 4 is 17.4 Å². The van der Waals surface area contributed by atoms with E-state index in [1.165, 1.54) is 10.7 Å². The zero-order valence-electron chi connectivity index (χ0n) is 16.5. The maximum Gasteiger partial charge on any atom is 0.416 e. The molecule has 0 fully saturated rings.